The molecule has 1 aliphatic rings. The third kappa shape index (κ3) is 3.13. The van der Waals surface area contributed by atoms with Crippen molar-refractivity contribution in [1.82, 2.24) is 4.31 Å². The first-order valence-electron chi connectivity index (χ1n) is 6.15. The summed E-state index contributed by atoms with van der Waals surface area (Å²) in [7, 11) is -3.43. The molecule has 1 aromatic heterocycles. The third-order valence-corrected chi connectivity index (χ3v) is 7.04. The molecule has 108 valence electrons. The van der Waals surface area contributed by atoms with Crippen LogP contribution in [-0.4, -0.2) is 38.0 Å². The molecule has 0 saturated carbocycles. The van der Waals surface area contributed by atoms with Crippen LogP contribution in [0, 0.1) is 6.92 Å². The monoisotopic (exact) mass is 323 g/mol. The van der Waals surface area contributed by atoms with Crippen LogP contribution in [0.2, 0.25) is 0 Å². The molecule has 1 aromatic rings. The van der Waals surface area contributed by atoms with Gasteiger partial charge >= 0.3 is 0 Å². The number of aryl methyl sites for hydroxylation is 1. The number of nitrogens with zero attached hydrogens (tertiary/aromatic N) is 1. The first kappa shape index (κ1) is 15.3. The van der Waals surface area contributed by atoms with Gasteiger partial charge in [0.05, 0.1) is 18.1 Å². The van der Waals surface area contributed by atoms with Crippen LogP contribution in [0.3, 0.4) is 0 Å². The molecule has 0 aromatic carbocycles. The SMILES string of the molecule is Cc1cc(S(=O)(=O)N2CC(C)OC(C)C2)sc1CCl. The van der Waals surface area contributed by atoms with E-state index in [0.717, 1.165) is 10.4 Å². The average molecular weight is 324 g/mol. The summed E-state index contributed by atoms with van der Waals surface area (Å²) in [5.74, 6) is 0.349. The summed E-state index contributed by atoms with van der Waals surface area (Å²) >= 11 is 7.07. The Morgan fingerprint density at radius 1 is 1.42 bits per heavy atom. The fraction of sp³-hybridized carbons (Fsp3) is 0.667. The maximum absolute atomic E-state index is 12.6. The molecule has 0 spiro atoms. The zero-order valence-corrected chi connectivity index (χ0v) is 13.6. The minimum atomic E-state index is -3.43. The molecule has 2 heterocycles. The molecule has 0 bridgehead atoms. The molecule has 4 nitrogen and oxygen atoms in total. The Bertz CT molecular complexity index is 545. The van der Waals surface area contributed by atoms with E-state index in [2.05, 4.69) is 0 Å². The van der Waals surface area contributed by atoms with Crippen molar-refractivity contribution in [2.45, 2.75) is 43.1 Å². The molecule has 0 radical (unpaired) electrons. The number of hydrogen-bond donors (Lipinski definition) is 0. The summed E-state index contributed by atoms with van der Waals surface area (Å²) < 4.78 is 32.7. The number of morpholine rings is 1. The molecule has 7 heteroatoms. The smallest absolute Gasteiger partial charge is 0.252 e. The Balaban J connectivity index is 2.30. The van der Waals surface area contributed by atoms with Crippen LogP contribution >= 0.6 is 22.9 Å². The van der Waals surface area contributed by atoms with Crippen molar-refractivity contribution in [3.05, 3.63) is 16.5 Å². The van der Waals surface area contributed by atoms with E-state index in [9.17, 15) is 8.42 Å². The molecule has 2 atom stereocenters. The first-order chi connectivity index (χ1) is 8.84. The zero-order valence-electron chi connectivity index (χ0n) is 11.2. The molecule has 19 heavy (non-hydrogen) atoms. The van der Waals surface area contributed by atoms with Crippen LogP contribution in [0.4, 0.5) is 0 Å². The Morgan fingerprint density at radius 2 is 2.00 bits per heavy atom. The summed E-state index contributed by atoms with van der Waals surface area (Å²) in [5, 5.41) is 0. The standard InChI is InChI=1S/C12H18ClNO3S2/c1-8-4-12(18-11(8)5-13)19(15,16)14-6-9(2)17-10(3)7-14/h4,9-10H,5-7H2,1-3H3. The predicted octanol–water partition coefficient (Wildman–Crippen LogP) is 2.59. The number of halogens is 1. The Kier molecular flexibility index (Phi) is 4.57. The number of alkyl halides is 1. The van der Waals surface area contributed by atoms with E-state index >= 15 is 0 Å². The van der Waals surface area contributed by atoms with E-state index in [1.165, 1.54) is 15.6 Å². The maximum atomic E-state index is 12.6. The van der Waals surface area contributed by atoms with Crippen LogP contribution in [0.25, 0.3) is 0 Å². The van der Waals surface area contributed by atoms with Gasteiger partial charge in [-0.2, -0.15) is 4.31 Å². The average Bonchev–Trinajstić information content (AvgIpc) is 2.70. The summed E-state index contributed by atoms with van der Waals surface area (Å²) in [6.07, 6.45) is -0.154. The third-order valence-electron chi connectivity index (χ3n) is 3.10. The van der Waals surface area contributed by atoms with Crippen molar-refractivity contribution >= 4 is 33.0 Å². The molecule has 1 saturated heterocycles. The second-order valence-electron chi connectivity index (χ2n) is 4.88. The van der Waals surface area contributed by atoms with E-state index in [1.807, 2.05) is 20.8 Å². The summed E-state index contributed by atoms with van der Waals surface area (Å²) in [5.41, 5.74) is 0.938. The van der Waals surface area contributed by atoms with Crippen LogP contribution < -0.4 is 0 Å². The fourth-order valence-electron chi connectivity index (χ4n) is 2.20. The van der Waals surface area contributed by atoms with Gasteiger partial charge in [-0.05, 0) is 32.4 Å². The second kappa shape index (κ2) is 5.69. The highest BCUT2D eigenvalue weighted by molar-refractivity contribution is 7.91. The van der Waals surface area contributed by atoms with Crippen molar-refractivity contribution in [2.75, 3.05) is 13.1 Å². The van der Waals surface area contributed by atoms with Gasteiger partial charge < -0.3 is 4.74 Å². The molecule has 1 aliphatic heterocycles. The quantitative estimate of drug-likeness (QED) is 0.803. The maximum Gasteiger partial charge on any atom is 0.252 e. The molecule has 1 fully saturated rings. The van der Waals surface area contributed by atoms with Gasteiger partial charge in [-0.3, -0.25) is 0 Å². The lowest BCUT2D eigenvalue weighted by atomic mass is 10.3. The minimum absolute atomic E-state index is 0.0768. The van der Waals surface area contributed by atoms with E-state index in [0.29, 0.717) is 23.2 Å². The Labute approximate surface area is 123 Å². The highest BCUT2D eigenvalue weighted by atomic mass is 35.5. The van der Waals surface area contributed by atoms with Crippen molar-refractivity contribution in [1.29, 1.82) is 0 Å². The summed E-state index contributed by atoms with van der Waals surface area (Å²) in [6.45, 7) is 6.47. The van der Waals surface area contributed by atoms with Gasteiger partial charge in [-0.25, -0.2) is 8.42 Å². The number of rotatable bonds is 3. The second-order valence-corrected chi connectivity index (χ2v) is 8.45. The molecule has 2 rings (SSSR count). The van der Waals surface area contributed by atoms with Crippen molar-refractivity contribution in [3.8, 4) is 0 Å². The van der Waals surface area contributed by atoms with Gasteiger partial charge in [-0.15, -0.1) is 22.9 Å². The van der Waals surface area contributed by atoms with Gasteiger partial charge in [0.1, 0.15) is 4.21 Å². The number of ether oxygens (including phenoxy) is 1. The molecule has 2 unspecified atom stereocenters. The van der Waals surface area contributed by atoms with Crippen LogP contribution in [0.15, 0.2) is 10.3 Å². The lowest BCUT2D eigenvalue weighted by Gasteiger charge is -2.34. The van der Waals surface area contributed by atoms with E-state index in [4.69, 9.17) is 16.3 Å². The molecular weight excluding hydrogens is 306 g/mol. The highest BCUT2D eigenvalue weighted by Gasteiger charge is 2.33. The molecule has 0 N–H and O–H groups in total. The summed E-state index contributed by atoms with van der Waals surface area (Å²) in [4.78, 5) is 0.912. The van der Waals surface area contributed by atoms with Gasteiger partial charge in [0, 0.05) is 18.0 Å². The van der Waals surface area contributed by atoms with Crippen molar-refractivity contribution < 1.29 is 13.2 Å². The Hall–Kier alpha value is -0.140. The summed E-state index contributed by atoms with van der Waals surface area (Å²) in [6, 6.07) is 1.71. The Morgan fingerprint density at radius 3 is 2.47 bits per heavy atom. The number of thiophene rings is 1. The van der Waals surface area contributed by atoms with Crippen LogP contribution in [0.5, 0.6) is 0 Å². The van der Waals surface area contributed by atoms with Crippen LogP contribution in [0.1, 0.15) is 24.3 Å². The lowest BCUT2D eigenvalue weighted by Crippen LogP contribution is -2.47. The highest BCUT2D eigenvalue weighted by Crippen LogP contribution is 2.30. The van der Waals surface area contributed by atoms with E-state index in [1.54, 1.807) is 6.07 Å². The van der Waals surface area contributed by atoms with Gasteiger partial charge in [0.2, 0.25) is 0 Å². The first-order valence-corrected chi connectivity index (χ1v) is 8.94. The van der Waals surface area contributed by atoms with Crippen LogP contribution in [-0.2, 0) is 20.6 Å². The van der Waals surface area contributed by atoms with E-state index < -0.39 is 10.0 Å². The molecule has 0 aliphatic carbocycles. The van der Waals surface area contributed by atoms with Crippen molar-refractivity contribution in [2.24, 2.45) is 0 Å². The minimum Gasteiger partial charge on any atom is -0.373 e. The van der Waals surface area contributed by atoms with Gasteiger partial charge in [-0.1, -0.05) is 0 Å². The molecular formula is C12H18ClNO3S2. The topological polar surface area (TPSA) is 46.6 Å². The van der Waals surface area contributed by atoms with Gasteiger partial charge in [0.15, 0.2) is 0 Å². The number of sulfonamides is 1. The lowest BCUT2D eigenvalue weighted by molar-refractivity contribution is -0.0440. The largest absolute Gasteiger partial charge is 0.373 e. The molecule has 0 amide bonds. The van der Waals surface area contributed by atoms with E-state index in [-0.39, 0.29) is 12.2 Å². The van der Waals surface area contributed by atoms with Gasteiger partial charge in [0.25, 0.3) is 10.0 Å². The fourth-order valence-corrected chi connectivity index (χ4v) is 5.76. The van der Waals surface area contributed by atoms with Crippen molar-refractivity contribution in [3.63, 3.8) is 0 Å². The normalized spacial score (nSPS) is 25.7. The predicted molar refractivity (Wildman–Crippen MR) is 77.4 cm³/mol. The zero-order chi connectivity index (χ0) is 14.2. The number of hydrogen-bond acceptors (Lipinski definition) is 4.